The van der Waals surface area contributed by atoms with Crippen LogP contribution < -0.4 is 4.74 Å². The van der Waals surface area contributed by atoms with Crippen molar-refractivity contribution in [1.29, 1.82) is 0 Å². The lowest BCUT2D eigenvalue weighted by molar-refractivity contribution is -0.147. The number of nitrogens with zero attached hydrogens (tertiary/aromatic N) is 2. The Hall–Kier alpha value is -3.32. The quantitative estimate of drug-likeness (QED) is 0.477. The number of benzene rings is 2. The second-order valence-corrected chi connectivity index (χ2v) is 8.30. The van der Waals surface area contributed by atoms with E-state index in [1.165, 1.54) is 7.11 Å². The minimum atomic E-state index is -0.765. The van der Waals surface area contributed by atoms with E-state index in [9.17, 15) is 9.90 Å². The second-order valence-electron chi connectivity index (χ2n) is 8.30. The van der Waals surface area contributed by atoms with Crippen LogP contribution in [0, 0.1) is 12.8 Å². The van der Waals surface area contributed by atoms with E-state index in [1.54, 1.807) is 6.07 Å². The molecule has 0 aromatic heterocycles. The van der Waals surface area contributed by atoms with Crippen LogP contribution in [0.1, 0.15) is 36.1 Å². The number of phenols is 1. The third-order valence-corrected chi connectivity index (χ3v) is 5.30. The van der Waals surface area contributed by atoms with E-state index in [2.05, 4.69) is 11.6 Å². The summed E-state index contributed by atoms with van der Waals surface area (Å²) in [6.07, 6.45) is 0.0855. The van der Waals surface area contributed by atoms with Crippen molar-refractivity contribution in [3.63, 3.8) is 0 Å². The van der Waals surface area contributed by atoms with E-state index in [4.69, 9.17) is 14.6 Å². The number of likely N-dealkylation sites (tertiary alicyclic amines) is 1. The highest BCUT2D eigenvalue weighted by Crippen LogP contribution is 2.27. The van der Waals surface area contributed by atoms with Gasteiger partial charge in [0, 0.05) is 25.2 Å². The highest BCUT2D eigenvalue weighted by atomic mass is 16.5. The summed E-state index contributed by atoms with van der Waals surface area (Å²) in [6, 6.07) is 11.0. The van der Waals surface area contributed by atoms with Crippen molar-refractivity contribution in [2.45, 2.75) is 33.4 Å². The van der Waals surface area contributed by atoms with Gasteiger partial charge in [0.1, 0.15) is 11.5 Å². The lowest BCUT2D eigenvalue weighted by Crippen LogP contribution is -2.49. The van der Waals surface area contributed by atoms with Gasteiger partial charge in [0.2, 0.25) is 5.90 Å². The van der Waals surface area contributed by atoms with Gasteiger partial charge in [0.25, 0.3) is 0 Å². The molecule has 3 rings (SSSR count). The van der Waals surface area contributed by atoms with Crippen LogP contribution >= 0.6 is 0 Å². The number of rotatable bonds is 8. The van der Waals surface area contributed by atoms with Crippen LogP contribution in [-0.4, -0.2) is 53.3 Å². The van der Waals surface area contributed by atoms with Gasteiger partial charge in [-0.2, -0.15) is 0 Å². The van der Waals surface area contributed by atoms with Crippen molar-refractivity contribution in [3.8, 4) is 11.5 Å². The fourth-order valence-corrected chi connectivity index (χ4v) is 3.58. The molecule has 1 aliphatic rings. The van der Waals surface area contributed by atoms with Gasteiger partial charge < -0.3 is 19.7 Å². The molecule has 0 saturated carbocycles. The molecule has 0 aliphatic carbocycles. The first-order valence-corrected chi connectivity index (χ1v) is 10.5. The molecule has 2 aromatic rings. The summed E-state index contributed by atoms with van der Waals surface area (Å²) in [5, 5.41) is 19.4. The Labute approximate surface area is 188 Å². The zero-order valence-corrected chi connectivity index (χ0v) is 19.0. The van der Waals surface area contributed by atoms with Gasteiger partial charge in [-0.15, -0.1) is 0 Å². The Kier molecular flexibility index (Phi) is 7.20. The predicted molar refractivity (Wildman–Crippen MR) is 124 cm³/mol. The van der Waals surface area contributed by atoms with Crippen molar-refractivity contribution >= 4 is 17.6 Å². The van der Waals surface area contributed by atoms with Crippen LogP contribution in [0.15, 0.2) is 48.0 Å². The number of carboxylic acid groups (broad SMARTS) is 1. The van der Waals surface area contributed by atoms with Gasteiger partial charge >= 0.3 is 5.97 Å². The molecule has 2 N–H and O–H groups in total. The van der Waals surface area contributed by atoms with Crippen molar-refractivity contribution in [3.05, 3.63) is 65.2 Å². The molecule has 0 atom stereocenters. The average Bonchev–Trinajstić information content (AvgIpc) is 2.70. The number of carbonyl (C=O) groups is 1. The average molecular weight is 439 g/mol. The van der Waals surface area contributed by atoms with E-state index in [1.807, 2.05) is 56.0 Å². The maximum atomic E-state index is 11.0. The minimum Gasteiger partial charge on any atom is -0.507 e. The van der Waals surface area contributed by atoms with Gasteiger partial charge in [0.05, 0.1) is 30.4 Å². The van der Waals surface area contributed by atoms with Crippen LogP contribution in [-0.2, 0) is 16.1 Å². The normalized spacial score (nSPS) is 14.8. The molecule has 1 aliphatic heterocycles. The fraction of sp³-hybridized carbons (Fsp3) is 0.360. The number of methoxy groups -OCH3 is 1. The van der Waals surface area contributed by atoms with Crippen LogP contribution in [0.2, 0.25) is 0 Å². The van der Waals surface area contributed by atoms with Crippen LogP contribution in [0.4, 0.5) is 0 Å². The van der Waals surface area contributed by atoms with E-state index in [0.29, 0.717) is 30.9 Å². The van der Waals surface area contributed by atoms with Crippen LogP contribution in [0.25, 0.3) is 5.70 Å². The molecule has 2 aromatic carbocycles. The fourth-order valence-electron chi connectivity index (χ4n) is 3.58. The largest absolute Gasteiger partial charge is 0.507 e. The molecule has 0 unspecified atom stereocenters. The van der Waals surface area contributed by atoms with Crippen molar-refractivity contribution < 1.29 is 24.5 Å². The Morgan fingerprint density at radius 1 is 1.25 bits per heavy atom. The molecule has 0 radical (unpaired) electrons. The third-order valence-electron chi connectivity index (χ3n) is 5.30. The van der Waals surface area contributed by atoms with E-state index in [0.717, 1.165) is 22.4 Å². The van der Waals surface area contributed by atoms with Gasteiger partial charge in [0.15, 0.2) is 0 Å². The Morgan fingerprint density at radius 2 is 1.97 bits per heavy atom. The smallest absolute Gasteiger partial charge is 0.309 e. The number of phenolic OH excluding ortho intramolecular Hbond substituents is 1. The molecule has 7 heteroatoms. The number of hydrogen-bond donors (Lipinski definition) is 2. The number of aromatic hydroxyl groups is 1. The summed E-state index contributed by atoms with van der Waals surface area (Å²) < 4.78 is 11.3. The summed E-state index contributed by atoms with van der Waals surface area (Å²) in [6.45, 7) is 11.6. The number of ether oxygens (including phenoxy) is 2. The number of aliphatic imine (C=N–C) groups is 1. The molecule has 0 spiro atoms. The first-order chi connectivity index (χ1) is 15.2. The zero-order chi connectivity index (χ0) is 23.4. The molecule has 32 heavy (non-hydrogen) atoms. The highest BCUT2D eigenvalue weighted by molar-refractivity contribution is 5.99. The van der Waals surface area contributed by atoms with Crippen LogP contribution in [0.5, 0.6) is 11.5 Å². The number of aryl methyl sites for hydroxylation is 1. The summed E-state index contributed by atoms with van der Waals surface area (Å²) in [5.74, 6) is 0.0346. The van der Waals surface area contributed by atoms with Crippen molar-refractivity contribution in [2.75, 3.05) is 20.2 Å². The number of aliphatic carboxylic acids is 1. The van der Waals surface area contributed by atoms with Gasteiger partial charge in [-0.3, -0.25) is 9.69 Å². The first kappa shape index (κ1) is 23.3. The zero-order valence-electron chi connectivity index (χ0n) is 19.0. The summed E-state index contributed by atoms with van der Waals surface area (Å²) in [4.78, 5) is 17.6. The summed E-state index contributed by atoms with van der Waals surface area (Å²) in [5.41, 5.74) is 3.69. The Morgan fingerprint density at radius 3 is 2.56 bits per heavy atom. The Balaban J connectivity index is 1.79. The van der Waals surface area contributed by atoms with E-state index >= 15 is 0 Å². The lowest BCUT2D eigenvalue weighted by Gasteiger charge is -2.36. The molecular formula is C25H30N2O5. The monoisotopic (exact) mass is 438 g/mol. The molecule has 1 saturated heterocycles. The minimum absolute atomic E-state index is 0.0473. The highest BCUT2D eigenvalue weighted by Gasteiger charge is 2.32. The molecule has 1 heterocycles. The second kappa shape index (κ2) is 9.87. The first-order valence-electron chi connectivity index (χ1n) is 10.5. The van der Waals surface area contributed by atoms with E-state index < -0.39 is 5.97 Å². The predicted octanol–water partition coefficient (Wildman–Crippen LogP) is 4.07. The summed E-state index contributed by atoms with van der Waals surface area (Å²) >= 11 is 0. The van der Waals surface area contributed by atoms with Crippen LogP contribution in [0.3, 0.4) is 0 Å². The molecular weight excluding hydrogens is 408 g/mol. The lowest BCUT2D eigenvalue weighted by atomic mass is 9.99. The standard InChI is InChI=1S/C25H30N2O5/c1-15(2)32-23-9-7-19(10-16(23)3)17(4)26-24(31-5)21-11-18(6-8-22(21)28)12-27-13-20(14-27)25(29)30/h6-11,15,20,28H,4,12-14H2,1-3,5H3,(H,29,30). The Bertz CT molecular complexity index is 1040. The number of carboxylic acids is 1. The molecule has 1 fully saturated rings. The van der Waals surface area contributed by atoms with E-state index in [-0.39, 0.29) is 23.7 Å². The maximum Gasteiger partial charge on any atom is 0.309 e. The molecule has 0 amide bonds. The van der Waals surface area contributed by atoms with Gasteiger partial charge in [-0.05, 0) is 62.2 Å². The topological polar surface area (TPSA) is 91.6 Å². The summed E-state index contributed by atoms with van der Waals surface area (Å²) in [7, 11) is 1.50. The molecule has 170 valence electrons. The van der Waals surface area contributed by atoms with Gasteiger partial charge in [-0.1, -0.05) is 12.6 Å². The van der Waals surface area contributed by atoms with Crippen molar-refractivity contribution in [2.24, 2.45) is 10.9 Å². The maximum absolute atomic E-state index is 11.0. The molecule has 0 bridgehead atoms. The SMILES string of the molecule is C=C(N=C(OC)c1cc(CN2CC(C(=O)O)C2)ccc1O)c1ccc(OC(C)C)c(C)c1. The molecule has 7 nitrogen and oxygen atoms in total. The van der Waals surface area contributed by atoms with Gasteiger partial charge in [-0.25, -0.2) is 4.99 Å². The third kappa shape index (κ3) is 5.48. The van der Waals surface area contributed by atoms with Crippen molar-refractivity contribution in [1.82, 2.24) is 4.90 Å². The number of hydrogen-bond acceptors (Lipinski definition) is 6.